The molecule has 0 amide bonds. The van der Waals surface area contributed by atoms with Gasteiger partial charge in [0.05, 0.1) is 6.61 Å². The number of aromatic nitrogens is 3. The van der Waals surface area contributed by atoms with Crippen LogP contribution < -0.4 is 5.32 Å². The first-order chi connectivity index (χ1) is 9.70. The zero-order valence-corrected chi connectivity index (χ0v) is 13.0. The third-order valence-electron chi connectivity index (χ3n) is 2.92. The van der Waals surface area contributed by atoms with Crippen LogP contribution in [0.25, 0.3) is 10.6 Å². The summed E-state index contributed by atoms with van der Waals surface area (Å²) in [5.41, 5.74) is 3.11. The van der Waals surface area contributed by atoms with Crippen LogP contribution in [0.15, 0.2) is 12.1 Å². The lowest BCUT2D eigenvalue weighted by Gasteiger charge is -2.01. The molecule has 6 heteroatoms. The second kappa shape index (κ2) is 7.42. The molecule has 2 aromatic heterocycles. The first-order valence-electron chi connectivity index (χ1n) is 6.67. The van der Waals surface area contributed by atoms with Gasteiger partial charge in [0.1, 0.15) is 10.0 Å². The standard InChI is InChI=1S/C14H20N4OS/c1-10-4-5-12(11(2)16-10)14-18-17-13(20-14)6-7-15-8-9-19-3/h4-5,15H,6-9H2,1-3H3. The minimum absolute atomic E-state index is 0.732. The summed E-state index contributed by atoms with van der Waals surface area (Å²) in [6.07, 6.45) is 0.889. The van der Waals surface area contributed by atoms with Crippen molar-refractivity contribution in [2.24, 2.45) is 0 Å². The van der Waals surface area contributed by atoms with Crippen LogP contribution in [0.4, 0.5) is 0 Å². The maximum atomic E-state index is 4.98. The molecule has 5 nitrogen and oxygen atoms in total. The van der Waals surface area contributed by atoms with E-state index in [1.165, 1.54) is 0 Å². The van der Waals surface area contributed by atoms with Crippen LogP contribution in [0.5, 0.6) is 0 Å². The molecule has 0 aliphatic heterocycles. The van der Waals surface area contributed by atoms with Gasteiger partial charge in [-0.3, -0.25) is 4.98 Å². The highest BCUT2D eigenvalue weighted by Crippen LogP contribution is 2.25. The predicted molar refractivity (Wildman–Crippen MR) is 81.1 cm³/mol. The number of ether oxygens (including phenoxy) is 1. The Bertz CT molecular complexity index is 556. The van der Waals surface area contributed by atoms with E-state index in [9.17, 15) is 0 Å². The van der Waals surface area contributed by atoms with Crippen LogP contribution in [0.3, 0.4) is 0 Å². The van der Waals surface area contributed by atoms with E-state index in [4.69, 9.17) is 4.74 Å². The van der Waals surface area contributed by atoms with Crippen molar-refractivity contribution in [3.63, 3.8) is 0 Å². The van der Waals surface area contributed by atoms with Gasteiger partial charge in [-0.15, -0.1) is 10.2 Å². The Morgan fingerprint density at radius 3 is 2.80 bits per heavy atom. The molecule has 0 aliphatic carbocycles. The molecule has 2 heterocycles. The van der Waals surface area contributed by atoms with Crippen molar-refractivity contribution in [3.8, 4) is 10.6 Å². The molecule has 108 valence electrons. The van der Waals surface area contributed by atoms with Crippen molar-refractivity contribution in [1.29, 1.82) is 0 Å². The van der Waals surface area contributed by atoms with E-state index in [0.717, 1.165) is 53.1 Å². The highest BCUT2D eigenvalue weighted by molar-refractivity contribution is 7.14. The summed E-state index contributed by atoms with van der Waals surface area (Å²) < 4.78 is 4.98. The Kier molecular flexibility index (Phi) is 5.58. The van der Waals surface area contributed by atoms with Gasteiger partial charge in [-0.25, -0.2) is 0 Å². The molecule has 0 aliphatic rings. The van der Waals surface area contributed by atoms with Gasteiger partial charge < -0.3 is 10.1 Å². The molecule has 0 aromatic carbocycles. The molecule has 0 saturated carbocycles. The fourth-order valence-corrected chi connectivity index (χ4v) is 2.79. The lowest BCUT2D eigenvalue weighted by Crippen LogP contribution is -2.21. The summed E-state index contributed by atoms with van der Waals surface area (Å²) in [5, 5.41) is 13.8. The van der Waals surface area contributed by atoms with Gasteiger partial charge in [0, 0.05) is 43.6 Å². The number of hydrogen-bond donors (Lipinski definition) is 1. The highest BCUT2D eigenvalue weighted by atomic mass is 32.1. The van der Waals surface area contributed by atoms with Gasteiger partial charge in [0.2, 0.25) is 0 Å². The fourth-order valence-electron chi connectivity index (χ4n) is 1.87. The van der Waals surface area contributed by atoms with Crippen LogP contribution in [-0.2, 0) is 11.2 Å². The molecule has 20 heavy (non-hydrogen) atoms. The molecule has 0 atom stereocenters. The Labute approximate surface area is 123 Å². The summed E-state index contributed by atoms with van der Waals surface area (Å²) in [7, 11) is 1.71. The third kappa shape index (κ3) is 4.06. The molecule has 0 saturated heterocycles. The summed E-state index contributed by atoms with van der Waals surface area (Å²) in [6, 6.07) is 4.08. The molecule has 0 radical (unpaired) electrons. The highest BCUT2D eigenvalue weighted by Gasteiger charge is 2.09. The molecule has 0 spiro atoms. The van der Waals surface area contributed by atoms with Crippen molar-refractivity contribution < 1.29 is 4.74 Å². The zero-order valence-electron chi connectivity index (χ0n) is 12.1. The molecule has 0 bridgehead atoms. The maximum absolute atomic E-state index is 4.98. The van der Waals surface area contributed by atoms with Crippen molar-refractivity contribution in [2.45, 2.75) is 20.3 Å². The van der Waals surface area contributed by atoms with Gasteiger partial charge in [0.15, 0.2) is 0 Å². The van der Waals surface area contributed by atoms with Crippen LogP contribution in [0.2, 0.25) is 0 Å². The van der Waals surface area contributed by atoms with Crippen molar-refractivity contribution in [2.75, 3.05) is 26.8 Å². The average Bonchev–Trinajstić information content (AvgIpc) is 2.87. The zero-order chi connectivity index (χ0) is 14.4. The van der Waals surface area contributed by atoms with E-state index in [0.29, 0.717) is 0 Å². The fraction of sp³-hybridized carbons (Fsp3) is 0.500. The van der Waals surface area contributed by atoms with Gasteiger partial charge in [-0.1, -0.05) is 11.3 Å². The van der Waals surface area contributed by atoms with E-state index in [2.05, 4.69) is 26.6 Å². The summed E-state index contributed by atoms with van der Waals surface area (Å²) in [4.78, 5) is 4.47. The largest absolute Gasteiger partial charge is 0.383 e. The minimum Gasteiger partial charge on any atom is -0.383 e. The normalized spacial score (nSPS) is 10.9. The van der Waals surface area contributed by atoms with Crippen LogP contribution in [0, 0.1) is 13.8 Å². The number of aryl methyl sites for hydroxylation is 2. The number of rotatable bonds is 7. The maximum Gasteiger partial charge on any atom is 0.149 e. The van der Waals surface area contributed by atoms with Crippen molar-refractivity contribution in [3.05, 3.63) is 28.5 Å². The Morgan fingerprint density at radius 2 is 2.05 bits per heavy atom. The van der Waals surface area contributed by atoms with Gasteiger partial charge >= 0.3 is 0 Å². The van der Waals surface area contributed by atoms with Crippen LogP contribution in [-0.4, -0.2) is 42.0 Å². The average molecular weight is 292 g/mol. The van der Waals surface area contributed by atoms with E-state index >= 15 is 0 Å². The molecule has 1 N–H and O–H groups in total. The Morgan fingerprint density at radius 1 is 1.20 bits per heavy atom. The number of hydrogen-bond acceptors (Lipinski definition) is 6. The quantitative estimate of drug-likeness (QED) is 0.791. The molecule has 0 unspecified atom stereocenters. The Balaban J connectivity index is 1.95. The Hall–Kier alpha value is -1.37. The smallest absolute Gasteiger partial charge is 0.149 e. The third-order valence-corrected chi connectivity index (χ3v) is 3.94. The lowest BCUT2D eigenvalue weighted by atomic mass is 10.2. The number of nitrogens with zero attached hydrogens (tertiary/aromatic N) is 3. The SMILES string of the molecule is COCCNCCc1nnc(-c2ccc(C)nc2C)s1. The second-order valence-electron chi connectivity index (χ2n) is 4.58. The van der Waals surface area contributed by atoms with Gasteiger partial charge in [0.25, 0.3) is 0 Å². The van der Waals surface area contributed by atoms with Crippen LogP contribution >= 0.6 is 11.3 Å². The molecule has 0 fully saturated rings. The number of methoxy groups -OCH3 is 1. The van der Waals surface area contributed by atoms with Crippen molar-refractivity contribution in [1.82, 2.24) is 20.5 Å². The van der Waals surface area contributed by atoms with Gasteiger partial charge in [-0.05, 0) is 26.0 Å². The monoisotopic (exact) mass is 292 g/mol. The van der Waals surface area contributed by atoms with E-state index in [-0.39, 0.29) is 0 Å². The van der Waals surface area contributed by atoms with E-state index < -0.39 is 0 Å². The topological polar surface area (TPSA) is 59.9 Å². The molecular formula is C14H20N4OS. The lowest BCUT2D eigenvalue weighted by molar-refractivity contribution is 0.199. The minimum atomic E-state index is 0.732. The first kappa shape index (κ1) is 15.0. The summed E-state index contributed by atoms with van der Waals surface area (Å²) in [6.45, 7) is 6.49. The summed E-state index contributed by atoms with van der Waals surface area (Å²) in [5.74, 6) is 0. The molecular weight excluding hydrogens is 272 g/mol. The van der Waals surface area contributed by atoms with Crippen LogP contribution in [0.1, 0.15) is 16.4 Å². The number of pyridine rings is 1. The predicted octanol–water partition coefficient (Wildman–Crippen LogP) is 2.00. The van der Waals surface area contributed by atoms with E-state index in [1.807, 2.05) is 19.9 Å². The molecule has 2 rings (SSSR count). The molecule has 2 aromatic rings. The van der Waals surface area contributed by atoms with Gasteiger partial charge in [-0.2, -0.15) is 0 Å². The van der Waals surface area contributed by atoms with E-state index in [1.54, 1.807) is 18.4 Å². The number of nitrogens with one attached hydrogen (secondary N) is 1. The summed E-state index contributed by atoms with van der Waals surface area (Å²) >= 11 is 1.64. The van der Waals surface area contributed by atoms with Crippen molar-refractivity contribution >= 4 is 11.3 Å². The first-order valence-corrected chi connectivity index (χ1v) is 7.49. The second-order valence-corrected chi connectivity index (χ2v) is 5.64.